The van der Waals surface area contributed by atoms with Crippen molar-refractivity contribution in [2.24, 2.45) is 0 Å². The van der Waals surface area contributed by atoms with Gasteiger partial charge in [-0.25, -0.2) is 0 Å². The number of benzene rings is 2. The van der Waals surface area contributed by atoms with Crippen LogP contribution in [0.3, 0.4) is 0 Å². The van der Waals surface area contributed by atoms with Crippen LogP contribution >= 0.6 is 12.2 Å². The topological polar surface area (TPSA) is 51.4 Å². The van der Waals surface area contributed by atoms with Gasteiger partial charge < -0.3 is 20.1 Å². The average molecular weight is 409 g/mol. The number of anilines is 1. The van der Waals surface area contributed by atoms with Crippen molar-refractivity contribution in [1.82, 2.24) is 14.8 Å². The number of nitrogens with zero attached hydrogens (tertiary/aromatic N) is 2. The fourth-order valence-electron chi connectivity index (χ4n) is 3.24. The maximum absolute atomic E-state index is 12.7. The predicted octanol–water partition coefficient (Wildman–Crippen LogP) is 3.99. The van der Waals surface area contributed by atoms with Crippen LogP contribution in [0.5, 0.6) is 0 Å². The minimum atomic E-state index is -0.0665. The molecule has 5 nitrogen and oxygen atoms in total. The van der Waals surface area contributed by atoms with Crippen molar-refractivity contribution in [2.75, 3.05) is 32.5 Å². The minimum absolute atomic E-state index is 0.0665. The standard InChI is InChI=1S/C23H28N4OS/c1-17-10-11-18-15-19(22(28)25-21(18)14-17)16-27(13-7-12-26(2)3)23(29)24-20-8-5-4-6-9-20/h4-6,8-11,14-15H,7,12-13,16H2,1-3H3,(H,24,29)(H,25,28). The van der Waals surface area contributed by atoms with Gasteiger partial charge in [-0.15, -0.1) is 0 Å². The van der Waals surface area contributed by atoms with Gasteiger partial charge in [-0.1, -0.05) is 30.3 Å². The first-order chi connectivity index (χ1) is 13.9. The van der Waals surface area contributed by atoms with E-state index in [4.69, 9.17) is 12.2 Å². The zero-order valence-electron chi connectivity index (χ0n) is 17.2. The van der Waals surface area contributed by atoms with E-state index in [9.17, 15) is 4.79 Å². The molecule has 0 bridgehead atoms. The molecule has 1 heterocycles. The molecule has 6 heteroatoms. The molecule has 0 radical (unpaired) electrons. The molecule has 0 aliphatic rings. The highest BCUT2D eigenvalue weighted by Crippen LogP contribution is 2.15. The summed E-state index contributed by atoms with van der Waals surface area (Å²) in [6, 6.07) is 17.9. The van der Waals surface area contributed by atoms with Crippen molar-refractivity contribution in [1.29, 1.82) is 0 Å². The lowest BCUT2D eigenvalue weighted by Gasteiger charge is -2.26. The molecule has 0 aliphatic carbocycles. The maximum Gasteiger partial charge on any atom is 0.253 e. The summed E-state index contributed by atoms with van der Waals surface area (Å²) >= 11 is 5.68. The molecule has 152 valence electrons. The van der Waals surface area contributed by atoms with E-state index in [-0.39, 0.29) is 5.56 Å². The zero-order chi connectivity index (χ0) is 20.8. The lowest BCUT2D eigenvalue weighted by Crippen LogP contribution is -2.37. The van der Waals surface area contributed by atoms with E-state index in [0.717, 1.165) is 41.7 Å². The van der Waals surface area contributed by atoms with Gasteiger partial charge in [0.25, 0.3) is 5.56 Å². The van der Waals surface area contributed by atoms with Crippen LogP contribution in [0.15, 0.2) is 59.4 Å². The number of aromatic amines is 1. The summed E-state index contributed by atoms with van der Waals surface area (Å²) in [4.78, 5) is 19.9. The fraction of sp³-hybridized carbons (Fsp3) is 0.304. The SMILES string of the molecule is Cc1ccc2cc(CN(CCCN(C)C)C(=S)Nc3ccccc3)c(=O)[nH]c2c1. The maximum atomic E-state index is 12.7. The monoisotopic (exact) mass is 408 g/mol. The second kappa shape index (κ2) is 9.67. The summed E-state index contributed by atoms with van der Waals surface area (Å²) in [5.41, 5.74) is 3.58. The van der Waals surface area contributed by atoms with Crippen molar-refractivity contribution in [2.45, 2.75) is 19.9 Å². The Morgan fingerprint density at radius 2 is 1.83 bits per heavy atom. The third-order valence-electron chi connectivity index (χ3n) is 4.79. The van der Waals surface area contributed by atoms with E-state index in [1.165, 1.54) is 0 Å². The number of hydrogen-bond donors (Lipinski definition) is 2. The molecule has 0 fully saturated rings. The molecule has 2 aromatic carbocycles. The molecule has 0 saturated heterocycles. The fourth-order valence-corrected chi connectivity index (χ4v) is 3.51. The Morgan fingerprint density at radius 1 is 1.07 bits per heavy atom. The first-order valence-corrected chi connectivity index (χ1v) is 10.2. The molecule has 0 amide bonds. The number of rotatable bonds is 7. The first-order valence-electron chi connectivity index (χ1n) is 9.80. The number of H-pyrrole nitrogens is 1. The van der Waals surface area contributed by atoms with Gasteiger partial charge in [0, 0.05) is 23.3 Å². The smallest absolute Gasteiger partial charge is 0.253 e. The van der Waals surface area contributed by atoms with Gasteiger partial charge in [-0.05, 0) is 81.4 Å². The van der Waals surface area contributed by atoms with Crippen molar-refractivity contribution < 1.29 is 0 Å². The van der Waals surface area contributed by atoms with Gasteiger partial charge in [0.15, 0.2) is 5.11 Å². The van der Waals surface area contributed by atoms with E-state index >= 15 is 0 Å². The van der Waals surface area contributed by atoms with Gasteiger partial charge >= 0.3 is 0 Å². The summed E-state index contributed by atoms with van der Waals surface area (Å²) < 4.78 is 0. The van der Waals surface area contributed by atoms with Crippen LogP contribution in [-0.4, -0.2) is 47.1 Å². The normalized spacial score (nSPS) is 11.0. The predicted molar refractivity (Wildman–Crippen MR) is 126 cm³/mol. The largest absolute Gasteiger partial charge is 0.344 e. The number of hydrogen-bond acceptors (Lipinski definition) is 3. The third kappa shape index (κ3) is 5.89. The third-order valence-corrected chi connectivity index (χ3v) is 5.15. The molecular formula is C23H28N4OS. The van der Waals surface area contributed by atoms with Gasteiger partial charge in [0.1, 0.15) is 0 Å². The first kappa shape index (κ1) is 21.0. The molecular weight excluding hydrogens is 380 g/mol. The molecule has 0 saturated carbocycles. The number of aromatic nitrogens is 1. The molecule has 0 aliphatic heterocycles. The molecule has 29 heavy (non-hydrogen) atoms. The van der Waals surface area contributed by atoms with Crippen molar-refractivity contribution >= 4 is 33.9 Å². The second-order valence-corrected chi connectivity index (χ2v) is 7.98. The molecule has 0 unspecified atom stereocenters. The number of para-hydroxylation sites is 1. The lowest BCUT2D eigenvalue weighted by molar-refractivity contribution is 0.346. The van der Waals surface area contributed by atoms with Crippen LogP contribution in [0.1, 0.15) is 17.5 Å². The van der Waals surface area contributed by atoms with E-state index in [0.29, 0.717) is 17.2 Å². The summed E-state index contributed by atoms with van der Waals surface area (Å²) in [7, 11) is 4.11. The van der Waals surface area contributed by atoms with Crippen LogP contribution in [-0.2, 0) is 6.54 Å². The van der Waals surface area contributed by atoms with E-state index in [1.807, 2.05) is 55.5 Å². The Balaban J connectivity index is 1.82. The van der Waals surface area contributed by atoms with Crippen LogP contribution in [0.25, 0.3) is 10.9 Å². The Bertz CT molecular complexity index is 1030. The number of nitrogens with one attached hydrogen (secondary N) is 2. The number of fused-ring (bicyclic) bond motifs is 1. The summed E-state index contributed by atoms with van der Waals surface area (Å²) in [6.07, 6.45) is 0.953. The highest BCUT2D eigenvalue weighted by Gasteiger charge is 2.14. The molecule has 0 atom stereocenters. The van der Waals surface area contributed by atoms with E-state index < -0.39 is 0 Å². The van der Waals surface area contributed by atoms with Crippen molar-refractivity contribution in [3.05, 3.63) is 76.1 Å². The van der Waals surface area contributed by atoms with Gasteiger partial charge in [-0.3, -0.25) is 4.79 Å². The summed E-state index contributed by atoms with van der Waals surface area (Å²) in [5, 5.41) is 4.95. The average Bonchev–Trinajstić information content (AvgIpc) is 2.68. The molecule has 0 spiro atoms. The van der Waals surface area contributed by atoms with Crippen LogP contribution in [0.4, 0.5) is 5.69 Å². The molecule has 2 N–H and O–H groups in total. The Hall–Kier alpha value is -2.70. The molecule has 3 rings (SSSR count). The van der Waals surface area contributed by atoms with Crippen LogP contribution in [0, 0.1) is 6.92 Å². The molecule has 1 aromatic heterocycles. The number of thiocarbonyl (C=S) groups is 1. The Kier molecular flexibility index (Phi) is 7.01. The van der Waals surface area contributed by atoms with Crippen LogP contribution in [0.2, 0.25) is 0 Å². The van der Waals surface area contributed by atoms with E-state index in [1.54, 1.807) is 0 Å². The van der Waals surface area contributed by atoms with Gasteiger partial charge in [0.05, 0.1) is 6.54 Å². The van der Waals surface area contributed by atoms with E-state index in [2.05, 4.69) is 40.3 Å². The quantitative estimate of drug-likeness (QED) is 0.579. The zero-order valence-corrected chi connectivity index (χ0v) is 18.1. The van der Waals surface area contributed by atoms with Crippen molar-refractivity contribution in [3.8, 4) is 0 Å². The Labute approximate surface area is 177 Å². The van der Waals surface area contributed by atoms with Crippen molar-refractivity contribution in [3.63, 3.8) is 0 Å². The van der Waals surface area contributed by atoms with Crippen LogP contribution < -0.4 is 10.9 Å². The van der Waals surface area contributed by atoms with Gasteiger partial charge in [0.2, 0.25) is 0 Å². The number of pyridine rings is 1. The molecule has 3 aromatic rings. The highest BCUT2D eigenvalue weighted by molar-refractivity contribution is 7.80. The lowest BCUT2D eigenvalue weighted by atomic mass is 10.1. The van der Waals surface area contributed by atoms with Gasteiger partial charge in [-0.2, -0.15) is 0 Å². The summed E-state index contributed by atoms with van der Waals surface area (Å²) in [6.45, 7) is 4.21. The Morgan fingerprint density at radius 3 is 2.55 bits per heavy atom. The summed E-state index contributed by atoms with van der Waals surface area (Å²) in [5.74, 6) is 0. The highest BCUT2D eigenvalue weighted by atomic mass is 32.1. The number of aryl methyl sites for hydroxylation is 1. The minimum Gasteiger partial charge on any atom is -0.344 e. The second-order valence-electron chi connectivity index (χ2n) is 7.59.